The summed E-state index contributed by atoms with van der Waals surface area (Å²) in [7, 11) is 1.71. The summed E-state index contributed by atoms with van der Waals surface area (Å²) in [4.78, 5) is 10.4. The molecular formula is C21H23Cl2N3O3. The molecule has 2 atom stereocenters. The first kappa shape index (κ1) is 20.1. The van der Waals surface area contributed by atoms with Gasteiger partial charge in [0, 0.05) is 17.1 Å². The highest BCUT2D eigenvalue weighted by Crippen LogP contribution is 2.39. The number of hydrogen-bond donors (Lipinski definition) is 1. The lowest BCUT2D eigenvalue weighted by atomic mass is 9.93. The molecule has 6 nitrogen and oxygen atoms in total. The van der Waals surface area contributed by atoms with Gasteiger partial charge in [0.2, 0.25) is 5.96 Å². The molecule has 0 aromatic heterocycles. The maximum Gasteiger partial charge on any atom is 0.225 e. The van der Waals surface area contributed by atoms with Crippen molar-refractivity contribution in [2.24, 2.45) is 10.7 Å². The SMILES string of the molecule is CC1CC[C@]2(CN=C(N)N(C)Oc3cc(-c4cc(Cl)cc(Cl)c4)ccc3O2)CO1. The Morgan fingerprint density at radius 2 is 1.86 bits per heavy atom. The van der Waals surface area contributed by atoms with Gasteiger partial charge in [-0.25, -0.2) is 4.99 Å². The normalized spacial score (nSPS) is 24.5. The van der Waals surface area contributed by atoms with E-state index in [0.29, 0.717) is 34.7 Å². The maximum atomic E-state index is 6.44. The lowest BCUT2D eigenvalue weighted by Gasteiger charge is -2.38. The van der Waals surface area contributed by atoms with E-state index in [2.05, 4.69) is 11.9 Å². The number of rotatable bonds is 1. The van der Waals surface area contributed by atoms with Crippen LogP contribution in [0.15, 0.2) is 41.4 Å². The average Bonchev–Trinajstić information content (AvgIpc) is 2.72. The van der Waals surface area contributed by atoms with Gasteiger partial charge in [-0.15, -0.1) is 0 Å². The molecule has 2 aromatic carbocycles. The first-order valence-corrected chi connectivity index (χ1v) is 10.2. The molecule has 0 bridgehead atoms. The molecule has 4 rings (SSSR count). The second kappa shape index (κ2) is 7.94. The minimum atomic E-state index is -0.582. The van der Waals surface area contributed by atoms with Crippen LogP contribution in [0, 0.1) is 0 Å². The molecule has 0 amide bonds. The van der Waals surface area contributed by atoms with E-state index in [1.807, 2.05) is 30.3 Å². The van der Waals surface area contributed by atoms with E-state index < -0.39 is 5.60 Å². The average molecular weight is 436 g/mol. The van der Waals surface area contributed by atoms with Crippen molar-refractivity contribution in [1.82, 2.24) is 5.06 Å². The van der Waals surface area contributed by atoms with E-state index in [4.69, 9.17) is 43.2 Å². The van der Waals surface area contributed by atoms with E-state index in [-0.39, 0.29) is 12.1 Å². The number of hydroxylamine groups is 2. The maximum absolute atomic E-state index is 6.44. The van der Waals surface area contributed by atoms with Gasteiger partial charge in [0.15, 0.2) is 17.1 Å². The number of hydrogen-bond acceptors (Lipinski definition) is 6. The summed E-state index contributed by atoms with van der Waals surface area (Å²) in [6.07, 6.45) is 1.91. The topological polar surface area (TPSA) is 69.3 Å². The smallest absolute Gasteiger partial charge is 0.225 e. The Kier molecular flexibility index (Phi) is 5.51. The van der Waals surface area contributed by atoms with Gasteiger partial charge in [-0.1, -0.05) is 29.3 Å². The summed E-state index contributed by atoms with van der Waals surface area (Å²) in [6, 6.07) is 11.1. The Hall–Kier alpha value is -2.15. The first-order valence-electron chi connectivity index (χ1n) is 9.46. The fourth-order valence-electron chi connectivity index (χ4n) is 3.47. The third kappa shape index (κ3) is 4.39. The Morgan fingerprint density at radius 1 is 1.10 bits per heavy atom. The van der Waals surface area contributed by atoms with Gasteiger partial charge >= 0.3 is 0 Å². The molecule has 2 aliphatic rings. The first-order chi connectivity index (χ1) is 13.8. The fourth-order valence-corrected chi connectivity index (χ4v) is 4.00. The van der Waals surface area contributed by atoms with E-state index in [1.165, 1.54) is 5.06 Å². The quantitative estimate of drug-likeness (QED) is 0.712. The van der Waals surface area contributed by atoms with Crippen LogP contribution in [0.3, 0.4) is 0 Å². The Bertz CT molecular complexity index is 923. The van der Waals surface area contributed by atoms with Crippen molar-refractivity contribution >= 4 is 29.2 Å². The minimum absolute atomic E-state index is 0.200. The standard InChI is InChI=1S/C21H23Cl2N3O3/c1-13-5-6-21(12-27-13)11-25-20(24)26(2)29-19-9-14(3-4-18(19)28-21)15-7-16(22)10-17(23)8-15/h3-4,7-10,13H,5-6,11-12H2,1-2H3,(H2,24,25)/t13?,21-/m0/s1. The van der Waals surface area contributed by atoms with Crippen molar-refractivity contribution in [2.45, 2.75) is 31.5 Å². The van der Waals surface area contributed by atoms with Crippen LogP contribution in [0.5, 0.6) is 11.5 Å². The summed E-state index contributed by atoms with van der Waals surface area (Å²) in [5.74, 6) is 1.41. The zero-order valence-corrected chi connectivity index (χ0v) is 17.8. The molecule has 0 radical (unpaired) electrons. The molecule has 1 fully saturated rings. The largest absolute Gasteiger partial charge is 0.479 e. The van der Waals surface area contributed by atoms with E-state index in [1.54, 1.807) is 13.1 Å². The van der Waals surface area contributed by atoms with Crippen molar-refractivity contribution in [2.75, 3.05) is 20.2 Å². The zero-order chi connectivity index (χ0) is 20.6. The number of ether oxygens (including phenoxy) is 2. The highest BCUT2D eigenvalue weighted by Gasteiger charge is 2.39. The molecule has 154 valence electrons. The molecule has 0 aliphatic carbocycles. The van der Waals surface area contributed by atoms with Crippen LogP contribution < -0.4 is 15.3 Å². The Balaban J connectivity index is 1.74. The summed E-state index contributed by atoms with van der Waals surface area (Å²) < 4.78 is 12.3. The van der Waals surface area contributed by atoms with Gasteiger partial charge in [0.1, 0.15) is 0 Å². The third-order valence-electron chi connectivity index (χ3n) is 5.19. The minimum Gasteiger partial charge on any atom is -0.479 e. The molecular weight excluding hydrogens is 413 g/mol. The molecule has 1 saturated heterocycles. The van der Waals surface area contributed by atoms with Crippen molar-refractivity contribution < 1.29 is 14.3 Å². The molecule has 0 saturated carbocycles. The number of fused-ring (bicyclic) bond motifs is 1. The van der Waals surface area contributed by atoms with Crippen LogP contribution in [0.1, 0.15) is 19.8 Å². The number of guanidine groups is 1. The molecule has 2 aliphatic heterocycles. The van der Waals surface area contributed by atoms with Gasteiger partial charge in [0.05, 0.1) is 19.3 Å². The van der Waals surface area contributed by atoms with E-state index in [9.17, 15) is 0 Å². The van der Waals surface area contributed by atoms with Gasteiger partial charge in [0.25, 0.3) is 0 Å². The third-order valence-corrected chi connectivity index (χ3v) is 5.63. The molecule has 2 aromatic rings. The molecule has 8 heteroatoms. The molecule has 29 heavy (non-hydrogen) atoms. The number of nitrogens with two attached hydrogens (primary N) is 1. The van der Waals surface area contributed by atoms with Gasteiger partial charge < -0.3 is 20.0 Å². The van der Waals surface area contributed by atoms with Crippen LogP contribution >= 0.6 is 23.2 Å². The summed E-state index contributed by atoms with van der Waals surface area (Å²) >= 11 is 12.3. The fraction of sp³-hybridized carbons (Fsp3) is 0.381. The monoisotopic (exact) mass is 435 g/mol. The van der Waals surface area contributed by atoms with Crippen LogP contribution in [0.25, 0.3) is 11.1 Å². The van der Waals surface area contributed by atoms with Crippen molar-refractivity contribution in [3.63, 3.8) is 0 Å². The number of benzene rings is 2. The van der Waals surface area contributed by atoms with Crippen LogP contribution in [0.4, 0.5) is 0 Å². The zero-order valence-electron chi connectivity index (χ0n) is 16.3. The lowest BCUT2D eigenvalue weighted by Crippen LogP contribution is -2.49. The molecule has 1 spiro atoms. The summed E-state index contributed by atoms with van der Waals surface area (Å²) in [5.41, 5.74) is 7.29. The second-order valence-corrected chi connectivity index (χ2v) is 8.40. The summed E-state index contributed by atoms with van der Waals surface area (Å²) in [6.45, 7) is 2.90. The summed E-state index contributed by atoms with van der Waals surface area (Å²) in [5, 5.41) is 2.56. The highest BCUT2D eigenvalue weighted by molar-refractivity contribution is 6.35. The van der Waals surface area contributed by atoms with Crippen LogP contribution in [-0.4, -0.2) is 42.9 Å². The van der Waals surface area contributed by atoms with Crippen molar-refractivity contribution in [3.8, 4) is 22.6 Å². The molecule has 2 N–H and O–H groups in total. The van der Waals surface area contributed by atoms with Gasteiger partial charge in [-0.3, -0.25) is 0 Å². The lowest BCUT2D eigenvalue weighted by molar-refractivity contribution is -0.0946. The predicted octanol–water partition coefficient (Wildman–Crippen LogP) is 4.53. The Labute approximate surface area is 180 Å². The number of nitrogens with zero attached hydrogens (tertiary/aromatic N) is 2. The van der Waals surface area contributed by atoms with Crippen molar-refractivity contribution in [1.29, 1.82) is 0 Å². The highest BCUT2D eigenvalue weighted by atomic mass is 35.5. The molecule has 2 heterocycles. The van der Waals surface area contributed by atoms with Gasteiger partial charge in [-0.05, 0) is 61.2 Å². The Morgan fingerprint density at radius 3 is 2.55 bits per heavy atom. The second-order valence-electron chi connectivity index (χ2n) is 7.53. The van der Waals surface area contributed by atoms with Crippen molar-refractivity contribution in [3.05, 3.63) is 46.4 Å². The number of halogens is 2. The van der Waals surface area contributed by atoms with E-state index >= 15 is 0 Å². The predicted molar refractivity (Wildman–Crippen MR) is 115 cm³/mol. The van der Waals surface area contributed by atoms with Gasteiger partial charge in [-0.2, -0.15) is 5.06 Å². The molecule has 1 unspecified atom stereocenters. The van der Waals surface area contributed by atoms with Crippen LogP contribution in [0.2, 0.25) is 10.0 Å². The van der Waals surface area contributed by atoms with Crippen LogP contribution in [-0.2, 0) is 4.74 Å². The van der Waals surface area contributed by atoms with E-state index in [0.717, 1.165) is 24.0 Å². The number of aliphatic imine (C=N–C) groups is 1.